The second kappa shape index (κ2) is 11.3. The van der Waals surface area contributed by atoms with Gasteiger partial charge < -0.3 is 14.5 Å². The van der Waals surface area contributed by atoms with Crippen molar-refractivity contribution in [1.82, 2.24) is 4.98 Å². The van der Waals surface area contributed by atoms with E-state index in [9.17, 15) is 8.78 Å². The standard InChI is InChI=1S/C14H16BrF2N2O3PS.C2H6/c15-12-6-10-8-19-13(22-3-1-2-4-24-18)7-9(10)5-11(12)14(16,17)23(20)21;1-2/h5-8,20-21H,1-4,18H2;1-2H3. The Morgan fingerprint density at radius 3 is 2.54 bits per heavy atom. The van der Waals surface area contributed by atoms with Crippen molar-refractivity contribution in [2.75, 3.05) is 12.4 Å². The second-order valence-electron chi connectivity index (χ2n) is 4.96. The lowest BCUT2D eigenvalue weighted by Crippen LogP contribution is -2.11. The molecule has 0 spiro atoms. The van der Waals surface area contributed by atoms with Gasteiger partial charge in [0.25, 0.3) is 0 Å². The molecule has 146 valence electrons. The first kappa shape index (κ1) is 23.5. The SMILES string of the molecule is CC.NSCCCCOc1cc2cc(C(F)(F)P(O)O)c(Br)cc2cn1. The molecule has 0 aliphatic rings. The number of nitrogens with two attached hydrogens (primary N) is 1. The lowest BCUT2D eigenvalue weighted by atomic mass is 10.1. The fourth-order valence-electron chi connectivity index (χ4n) is 2.03. The zero-order valence-electron chi connectivity index (χ0n) is 14.5. The summed E-state index contributed by atoms with van der Waals surface area (Å²) >= 11 is 4.31. The molecule has 0 atom stereocenters. The molecule has 0 amide bonds. The van der Waals surface area contributed by atoms with Crippen molar-refractivity contribution < 1.29 is 23.3 Å². The molecule has 1 aromatic carbocycles. The maximum absolute atomic E-state index is 13.9. The first-order chi connectivity index (χ1) is 12.4. The van der Waals surface area contributed by atoms with Crippen molar-refractivity contribution >= 4 is 47.0 Å². The first-order valence-electron chi connectivity index (χ1n) is 7.96. The Morgan fingerprint density at radius 1 is 1.23 bits per heavy atom. The Bertz CT molecular complexity index is 710. The zero-order valence-corrected chi connectivity index (χ0v) is 17.8. The fourth-order valence-corrected chi connectivity index (χ4v) is 3.56. The molecule has 0 radical (unpaired) electrons. The number of aromatic nitrogens is 1. The van der Waals surface area contributed by atoms with Crippen LogP contribution in [0.1, 0.15) is 32.3 Å². The Balaban J connectivity index is 0.00000163. The number of hydrogen-bond acceptors (Lipinski definition) is 6. The fraction of sp³-hybridized carbons (Fsp3) is 0.438. The van der Waals surface area contributed by atoms with E-state index < -0.39 is 19.6 Å². The molecule has 4 N–H and O–H groups in total. The summed E-state index contributed by atoms with van der Waals surface area (Å²) in [4.78, 5) is 22.1. The van der Waals surface area contributed by atoms with Crippen LogP contribution in [0.15, 0.2) is 28.9 Å². The van der Waals surface area contributed by atoms with Gasteiger partial charge in [0.1, 0.15) is 0 Å². The topological polar surface area (TPSA) is 88.6 Å². The third kappa shape index (κ3) is 6.25. The molecule has 0 unspecified atom stereocenters. The van der Waals surface area contributed by atoms with Crippen LogP contribution in [0.4, 0.5) is 8.78 Å². The van der Waals surface area contributed by atoms with E-state index in [0.29, 0.717) is 23.3 Å². The maximum atomic E-state index is 13.9. The highest BCUT2D eigenvalue weighted by molar-refractivity contribution is 9.10. The highest BCUT2D eigenvalue weighted by atomic mass is 79.9. The number of hydrogen-bond donors (Lipinski definition) is 3. The molecular weight excluding hydrogens is 449 g/mol. The first-order valence-corrected chi connectivity index (χ1v) is 11.0. The predicted octanol–water partition coefficient (Wildman–Crippen LogP) is 5.14. The van der Waals surface area contributed by atoms with E-state index in [1.54, 1.807) is 6.07 Å². The Morgan fingerprint density at radius 2 is 1.92 bits per heavy atom. The second-order valence-corrected chi connectivity index (χ2v) is 7.70. The van der Waals surface area contributed by atoms with Gasteiger partial charge in [0.05, 0.1) is 6.61 Å². The van der Waals surface area contributed by atoms with E-state index >= 15 is 0 Å². The highest BCUT2D eigenvalue weighted by Crippen LogP contribution is 2.54. The number of fused-ring (bicyclic) bond motifs is 1. The zero-order chi connectivity index (χ0) is 19.7. The van der Waals surface area contributed by atoms with E-state index in [1.807, 2.05) is 13.8 Å². The van der Waals surface area contributed by atoms with Gasteiger partial charge in [-0.05, 0) is 30.4 Å². The van der Waals surface area contributed by atoms with Crippen molar-refractivity contribution in [2.45, 2.75) is 32.4 Å². The van der Waals surface area contributed by atoms with E-state index in [1.165, 1.54) is 30.3 Å². The monoisotopic (exact) mass is 470 g/mol. The maximum Gasteiger partial charge on any atom is 0.340 e. The molecule has 0 saturated carbocycles. The summed E-state index contributed by atoms with van der Waals surface area (Å²) in [5.41, 5.74) is -4.21. The van der Waals surface area contributed by atoms with Crippen LogP contribution in [-0.2, 0) is 5.66 Å². The summed E-state index contributed by atoms with van der Waals surface area (Å²) < 4.78 is 33.5. The molecule has 0 bridgehead atoms. The molecule has 5 nitrogen and oxygen atoms in total. The number of pyridine rings is 1. The van der Waals surface area contributed by atoms with Gasteiger partial charge in [-0.3, -0.25) is 5.14 Å². The summed E-state index contributed by atoms with van der Waals surface area (Å²) in [5, 5.41) is 6.44. The van der Waals surface area contributed by atoms with Crippen LogP contribution >= 0.6 is 36.3 Å². The van der Waals surface area contributed by atoms with Gasteiger partial charge in [0.2, 0.25) is 14.3 Å². The molecule has 0 aliphatic heterocycles. The minimum Gasteiger partial charge on any atom is -0.478 e. The summed E-state index contributed by atoms with van der Waals surface area (Å²) in [6.45, 7) is 4.46. The van der Waals surface area contributed by atoms with Crippen LogP contribution in [0.3, 0.4) is 0 Å². The van der Waals surface area contributed by atoms with Crippen molar-refractivity contribution in [3.63, 3.8) is 0 Å². The summed E-state index contributed by atoms with van der Waals surface area (Å²) in [6, 6.07) is 4.23. The average Bonchev–Trinajstić information content (AvgIpc) is 2.62. The van der Waals surface area contributed by atoms with Crippen molar-refractivity contribution in [3.8, 4) is 5.88 Å². The van der Waals surface area contributed by atoms with Crippen molar-refractivity contribution in [1.29, 1.82) is 0 Å². The van der Waals surface area contributed by atoms with Crippen LogP contribution in [0, 0.1) is 0 Å². The normalized spacial score (nSPS) is 11.4. The summed E-state index contributed by atoms with van der Waals surface area (Å²) in [7, 11) is -3.44. The van der Waals surface area contributed by atoms with Gasteiger partial charge in [0.15, 0.2) is 0 Å². The smallest absolute Gasteiger partial charge is 0.340 e. The minimum absolute atomic E-state index is 0.0883. The molecule has 2 rings (SSSR count). The largest absolute Gasteiger partial charge is 0.478 e. The van der Waals surface area contributed by atoms with Gasteiger partial charge in [-0.25, -0.2) is 4.98 Å². The summed E-state index contributed by atoms with van der Waals surface area (Å²) in [5.74, 6) is 1.17. The minimum atomic E-state index is -3.73. The van der Waals surface area contributed by atoms with Gasteiger partial charge in [-0.15, -0.1) is 0 Å². The highest BCUT2D eigenvalue weighted by Gasteiger charge is 2.42. The van der Waals surface area contributed by atoms with Crippen LogP contribution in [0.5, 0.6) is 5.88 Å². The Hall–Kier alpha value is -0.570. The third-order valence-corrected chi connectivity index (χ3v) is 5.19. The molecule has 10 heteroatoms. The van der Waals surface area contributed by atoms with Gasteiger partial charge in [0, 0.05) is 33.4 Å². The molecular formula is C16H22BrF2N2O3PS. The molecule has 1 aromatic heterocycles. The molecule has 0 saturated heterocycles. The number of unbranched alkanes of at least 4 members (excludes halogenated alkanes) is 1. The van der Waals surface area contributed by atoms with E-state index in [2.05, 4.69) is 20.9 Å². The number of benzene rings is 1. The lowest BCUT2D eigenvalue weighted by molar-refractivity contribution is 0.0726. The number of nitrogens with zero attached hydrogens (tertiary/aromatic N) is 1. The number of halogens is 3. The molecule has 26 heavy (non-hydrogen) atoms. The molecule has 0 aliphatic carbocycles. The van der Waals surface area contributed by atoms with Crippen LogP contribution in [0.2, 0.25) is 0 Å². The lowest BCUT2D eigenvalue weighted by Gasteiger charge is -2.19. The van der Waals surface area contributed by atoms with E-state index in [0.717, 1.165) is 18.6 Å². The summed E-state index contributed by atoms with van der Waals surface area (Å²) in [6.07, 6.45) is 3.25. The number of ether oxygens (including phenoxy) is 1. The molecule has 2 aromatic rings. The third-order valence-electron chi connectivity index (χ3n) is 3.26. The average molecular weight is 471 g/mol. The Labute approximate surface area is 165 Å². The molecule has 1 heterocycles. The van der Waals surface area contributed by atoms with Crippen LogP contribution in [0.25, 0.3) is 10.8 Å². The van der Waals surface area contributed by atoms with Gasteiger partial charge >= 0.3 is 5.66 Å². The van der Waals surface area contributed by atoms with Gasteiger partial charge in [-0.1, -0.05) is 41.7 Å². The van der Waals surface area contributed by atoms with Crippen molar-refractivity contribution in [2.24, 2.45) is 5.14 Å². The van der Waals surface area contributed by atoms with E-state index in [4.69, 9.17) is 19.7 Å². The van der Waals surface area contributed by atoms with Crippen molar-refractivity contribution in [3.05, 3.63) is 34.4 Å². The van der Waals surface area contributed by atoms with Crippen LogP contribution < -0.4 is 9.88 Å². The predicted molar refractivity (Wildman–Crippen MR) is 107 cm³/mol. The quantitative estimate of drug-likeness (QED) is 0.281. The van der Waals surface area contributed by atoms with Gasteiger partial charge in [-0.2, -0.15) is 8.78 Å². The molecule has 0 fully saturated rings. The Kier molecular flexibility index (Phi) is 10.2. The van der Waals surface area contributed by atoms with E-state index in [-0.39, 0.29) is 4.47 Å². The number of alkyl halides is 2. The van der Waals surface area contributed by atoms with Crippen LogP contribution in [-0.4, -0.2) is 27.1 Å². The number of rotatable bonds is 8.